The lowest BCUT2D eigenvalue weighted by Gasteiger charge is -2.28. The number of benzene rings is 3. The Morgan fingerprint density at radius 2 is 1.64 bits per heavy atom. The lowest BCUT2D eigenvalue weighted by Crippen LogP contribution is -2.34. The molecule has 2 aliphatic heterocycles. The Morgan fingerprint density at radius 3 is 2.54 bits per heavy atom. The van der Waals surface area contributed by atoms with Gasteiger partial charge in [-0.05, 0) is 84.3 Å². The summed E-state index contributed by atoms with van der Waals surface area (Å²) in [4.78, 5) is 13.9. The number of nitrogens with zero attached hydrogens (tertiary/aromatic N) is 4. The Labute approximate surface area is 226 Å². The molecule has 0 saturated carbocycles. The number of aliphatic imine (C=N–C) groups is 1. The zero-order valence-corrected chi connectivity index (χ0v) is 21.4. The number of aromatic nitrogens is 3. The van der Waals surface area contributed by atoms with Crippen LogP contribution in [0.4, 0.5) is 5.69 Å². The Morgan fingerprint density at radius 1 is 0.795 bits per heavy atom. The van der Waals surface area contributed by atoms with E-state index in [1.807, 2.05) is 36.8 Å². The molecule has 0 bridgehead atoms. The Bertz CT molecular complexity index is 1970. The molecule has 0 saturated heterocycles. The van der Waals surface area contributed by atoms with Gasteiger partial charge in [0.2, 0.25) is 0 Å². The summed E-state index contributed by atoms with van der Waals surface area (Å²) < 4.78 is 2.34. The molecule has 6 aromatic rings. The molecule has 186 valence electrons. The van der Waals surface area contributed by atoms with Crippen LogP contribution >= 0.6 is 0 Å². The largest absolute Gasteiger partial charge is 0.374 e. The molecule has 0 spiro atoms. The maximum absolute atomic E-state index is 4.84. The van der Waals surface area contributed by atoms with Gasteiger partial charge in [-0.2, -0.15) is 0 Å². The summed E-state index contributed by atoms with van der Waals surface area (Å²) in [6.45, 7) is 2.21. The van der Waals surface area contributed by atoms with E-state index in [-0.39, 0.29) is 11.6 Å². The molecular formula is C34H25N5. The molecular weight excluding hydrogens is 478 g/mol. The van der Waals surface area contributed by atoms with Crippen LogP contribution in [0.2, 0.25) is 0 Å². The average Bonchev–Trinajstić information content (AvgIpc) is 3.48. The quantitative estimate of drug-likeness (QED) is 0.268. The minimum atomic E-state index is -0.204. The molecule has 2 unspecified atom stereocenters. The molecule has 2 aliphatic rings. The minimum absolute atomic E-state index is 0.0504. The van der Waals surface area contributed by atoms with Crippen molar-refractivity contribution in [2.75, 3.05) is 5.32 Å². The molecule has 0 aliphatic carbocycles. The topological polar surface area (TPSA) is 55.1 Å². The molecule has 39 heavy (non-hydrogen) atoms. The Hall–Kier alpha value is -5.03. The van der Waals surface area contributed by atoms with Crippen molar-refractivity contribution in [1.29, 1.82) is 0 Å². The highest BCUT2D eigenvalue weighted by Crippen LogP contribution is 2.46. The van der Waals surface area contributed by atoms with Crippen LogP contribution in [0.15, 0.2) is 121 Å². The van der Waals surface area contributed by atoms with Crippen molar-refractivity contribution in [3.8, 4) is 27.9 Å². The second-order valence-electron chi connectivity index (χ2n) is 10.5. The molecule has 8 rings (SSSR count). The predicted molar refractivity (Wildman–Crippen MR) is 160 cm³/mol. The van der Waals surface area contributed by atoms with E-state index in [1.165, 1.54) is 11.1 Å². The van der Waals surface area contributed by atoms with Crippen LogP contribution < -0.4 is 5.32 Å². The number of nitrogens with one attached hydrogen (secondary N) is 1. The molecule has 1 N–H and O–H groups in total. The fourth-order valence-corrected chi connectivity index (χ4v) is 6.16. The highest BCUT2D eigenvalue weighted by atomic mass is 15.1. The van der Waals surface area contributed by atoms with Gasteiger partial charge in [0.25, 0.3) is 0 Å². The van der Waals surface area contributed by atoms with Gasteiger partial charge in [0.15, 0.2) is 0 Å². The van der Waals surface area contributed by atoms with Crippen molar-refractivity contribution in [2.45, 2.75) is 18.5 Å². The highest BCUT2D eigenvalue weighted by molar-refractivity contribution is 6.08. The fourth-order valence-electron chi connectivity index (χ4n) is 6.16. The second-order valence-corrected chi connectivity index (χ2v) is 10.5. The first-order valence-electron chi connectivity index (χ1n) is 13.2. The smallest absolute Gasteiger partial charge is 0.103 e. The van der Waals surface area contributed by atoms with Crippen molar-refractivity contribution in [3.63, 3.8) is 0 Å². The van der Waals surface area contributed by atoms with Gasteiger partial charge in [0, 0.05) is 52.7 Å². The molecule has 5 nitrogen and oxygen atoms in total. The number of fused-ring (bicyclic) bond motifs is 6. The maximum Gasteiger partial charge on any atom is 0.103 e. The lowest BCUT2D eigenvalue weighted by molar-refractivity contribution is 0.538. The first kappa shape index (κ1) is 22.0. The van der Waals surface area contributed by atoms with Crippen molar-refractivity contribution >= 4 is 33.8 Å². The van der Waals surface area contributed by atoms with Gasteiger partial charge in [0.1, 0.15) is 6.04 Å². The van der Waals surface area contributed by atoms with E-state index in [4.69, 9.17) is 9.98 Å². The van der Waals surface area contributed by atoms with Gasteiger partial charge in [-0.25, -0.2) is 0 Å². The number of dihydropyridines is 1. The molecule has 0 radical (unpaired) electrons. The van der Waals surface area contributed by atoms with Crippen molar-refractivity contribution in [1.82, 2.24) is 14.5 Å². The van der Waals surface area contributed by atoms with E-state index < -0.39 is 0 Å². The van der Waals surface area contributed by atoms with E-state index in [2.05, 4.69) is 101 Å². The summed E-state index contributed by atoms with van der Waals surface area (Å²) in [5.74, 6) is 0. The number of rotatable bonds is 3. The van der Waals surface area contributed by atoms with E-state index in [1.54, 1.807) is 6.20 Å². The number of pyridine rings is 2. The van der Waals surface area contributed by atoms with E-state index in [9.17, 15) is 0 Å². The Balaban J connectivity index is 1.32. The van der Waals surface area contributed by atoms with Gasteiger partial charge in [-0.15, -0.1) is 0 Å². The predicted octanol–water partition coefficient (Wildman–Crippen LogP) is 7.77. The Kier molecular flexibility index (Phi) is 4.65. The lowest BCUT2D eigenvalue weighted by atomic mass is 9.89. The van der Waals surface area contributed by atoms with Crippen LogP contribution in [0.3, 0.4) is 0 Å². The van der Waals surface area contributed by atoms with Crippen molar-refractivity contribution in [3.05, 3.63) is 121 Å². The van der Waals surface area contributed by atoms with Gasteiger partial charge in [0.05, 0.1) is 22.1 Å². The monoisotopic (exact) mass is 503 g/mol. The van der Waals surface area contributed by atoms with E-state index >= 15 is 0 Å². The summed E-state index contributed by atoms with van der Waals surface area (Å²) in [5, 5.41) is 4.82. The van der Waals surface area contributed by atoms with Gasteiger partial charge in [-0.3, -0.25) is 15.0 Å². The third-order valence-corrected chi connectivity index (χ3v) is 8.04. The molecule has 0 amide bonds. The van der Waals surface area contributed by atoms with Crippen LogP contribution in [0.25, 0.3) is 49.9 Å². The number of allylic oxidation sites excluding steroid dienone is 1. The molecule has 2 atom stereocenters. The van der Waals surface area contributed by atoms with Gasteiger partial charge < -0.3 is 9.88 Å². The zero-order chi connectivity index (χ0) is 26.0. The molecule has 0 fully saturated rings. The van der Waals surface area contributed by atoms with Crippen LogP contribution in [0.5, 0.6) is 0 Å². The maximum atomic E-state index is 4.84. The van der Waals surface area contributed by atoms with Crippen LogP contribution in [0.1, 0.15) is 18.5 Å². The summed E-state index contributed by atoms with van der Waals surface area (Å²) in [6, 6.07) is 30.3. The zero-order valence-electron chi connectivity index (χ0n) is 21.4. The summed E-state index contributed by atoms with van der Waals surface area (Å²) >= 11 is 0. The molecule has 5 heteroatoms. The van der Waals surface area contributed by atoms with Crippen LogP contribution in [-0.2, 0) is 0 Å². The number of anilines is 1. The SMILES string of the molecule is CC12C=CC=NC1c1cc(-n3c4cc(-c5cccc(-c6cccnc6)c5)ccc4c4ncccc43)ccc1N2. The number of hydrogen-bond donors (Lipinski definition) is 1. The van der Waals surface area contributed by atoms with Crippen LogP contribution in [0, 0.1) is 0 Å². The minimum Gasteiger partial charge on any atom is -0.374 e. The standard InChI is InChI=1S/C34H25N5/c1-34-14-5-17-37-33(34)28-20-26(11-13-29(28)38-34)39-30-9-4-16-36-32(30)27-12-10-24(19-31(27)39)22-6-2-7-23(18-22)25-8-3-15-35-21-25/h2-21,33,38H,1H3. The van der Waals surface area contributed by atoms with Gasteiger partial charge in [-0.1, -0.05) is 36.4 Å². The summed E-state index contributed by atoms with van der Waals surface area (Å²) in [5.41, 5.74) is 11.1. The second kappa shape index (κ2) is 8.23. The van der Waals surface area contributed by atoms with Crippen molar-refractivity contribution in [2.24, 2.45) is 4.99 Å². The van der Waals surface area contributed by atoms with Crippen molar-refractivity contribution < 1.29 is 0 Å². The fraction of sp³-hybridized carbons (Fsp3) is 0.0882. The first-order chi connectivity index (χ1) is 19.2. The van der Waals surface area contributed by atoms with Crippen LogP contribution in [-0.4, -0.2) is 26.3 Å². The normalized spacial score (nSPS) is 19.3. The molecule has 3 aromatic heterocycles. The first-order valence-corrected chi connectivity index (χ1v) is 13.2. The van der Waals surface area contributed by atoms with E-state index in [0.29, 0.717) is 0 Å². The molecule has 3 aromatic carbocycles. The number of hydrogen-bond acceptors (Lipinski definition) is 4. The average molecular weight is 504 g/mol. The summed E-state index contributed by atoms with van der Waals surface area (Å²) in [7, 11) is 0. The summed E-state index contributed by atoms with van der Waals surface area (Å²) in [6.07, 6.45) is 11.7. The van der Waals surface area contributed by atoms with E-state index in [0.717, 1.165) is 50.0 Å². The van der Waals surface area contributed by atoms with Gasteiger partial charge >= 0.3 is 0 Å². The highest BCUT2D eigenvalue weighted by Gasteiger charge is 2.41. The molecule has 5 heterocycles. The third-order valence-electron chi connectivity index (χ3n) is 8.04. The third kappa shape index (κ3) is 3.36.